The molecule has 22 heavy (non-hydrogen) atoms. The van der Waals surface area contributed by atoms with E-state index in [1.54, 1.807) is 11.3 Å². The van der Waals surface area contributed by atoms with Gasteiger partial charge in [-0.15, -0.1) is 11.3 Å². The minimum absolute atomic E-state index is 0.190. The smallest absolute Gasteiger partial charge is 0.264 e. The Balaban J connectivity index is 1.60. The summed E-state index contributed by atoms with van der Waals surface area (Å²) in [6, 6.07) is 2.02. The van der Waals surface area contributed by atoms with E-state index in [9.17, 15) is 4.79 Å². The fourth-order valence-corrected chi connectivity index (χ4v) is 3.77. The maximum Gasteiger partial charge on any atom is 0.264 e. The number of hydrogen-bond donors (Lipinski definition) is 0. The zero-order valence-electron chi connectivity index (χ0n) is 13.2. The fraction of sp³-hybridized carbons (Fsp3) is 0.500. The summed E-state index contributed by atoms with van der Waals surface area (Å²) in [6.07, 6.45) is 5.00. The number of aromatic nitrogens is 2. The summed E-state index contributed by atoms with van der Waals surface area (Å²) in [7, 11) is 1.94. The van der Waals surface area contributed by atoms with Crippen LogP contribution >= 0.6 is 11.3 Å². The third-order valence-corrected chi connectivity index (χ3v) is 5.10. The molecule has 0 saturated carbocycles. The Morgan fingerprint density at radius 2 is 2.18 bits per heavy atom. The minimum atomic E-state index is 0.190. The third kappa shape index (κ3) is 3.39. The molecule has 3 heterocycles. The molecule has 0 spiro atoms. The molecule has 5 nitrogen and oxygen atoms in total. The van der Waals surface area contributed by atoms with Crippen molar-refractivity contribution in [1.82, 2.24) is 19.6 Å². The van der Waals surface area contributed by atoms with Crippen LogP contribution in [-0.2, 0) is 13.6 Å². The van der Waals surface area contributed by atoms with Gasteiger partial charge in [0.05, 0.1) is 11.1 Å². The van der Waals surface area contributed by atoms with E-state index in [0.29, 0.717) is 0 Å². The number of carbonyl (C=O) groups excluding carboxylic acids is 1. The van der Waals surface area contributed by atoms with Crippen LogP contribution in [0.25, 0.3) is 0 Å². The third-order valence-electron chi connectivity index (χ3n) is 4.10. The van der Waals surface area contributed by atoms with E-state index < -0.39 is 0 Å². The van der Waals surface area contributed by atoms with Crippen LogP contribution in [0.5, 0.6) is 0 Å². The highest BCUT2D eigenvalue weighted by Crippen LogP contribution is 2.19. The van der Waals surface area contributed by atoms with Gasteiger partial charge in [-0.05, 0) is 30.4 Å². The van der Waals surface area contributed by atoms with Crippen LogP contribution in [0.4, 0.5) is 0 Å². The minimum Gasteiger partial charge on any atom is -0.337 e. The zero-order valence-corrected chi connectivity index (χ0v) is 14.0. The standard InChI is InChI=1S/C16H22N4OS/c1-13-4-9-22-15(13)16(21)20-6-3-5-19(7-8-20)12-14-10-17-18(2)11-14/h4,9-11H,3,5-8,12H2,1-2H3. The van der Waals surface area contributed by atoms with Gasteiger partial charge < -0.3 is 4.90 Å². The predicted molar refractivity (Wildman–Crippen MR) is 88.1 cm³/mol. The van der Waals surface area contributed by atoms with Crippen molar-refractivity contribution in [2.24, 2.45) is 7.05 Å². The topological polar surface area (TPSA) is 41.4 Å². The van der Waals surface area contributed by atoms with Gasteiger partial charge in [0, 0.05) is 51.5 Å². The molecule has 2 aromatic heterocycles. The van der Waals surface area contributed by atoms with E-state index in [-0.39, 0.29) is 5.91 Å². The summed E-state index contributed by atoms with van der Waals surface area (Å²) < 4.78 is 1.84. The van der Waals surface area contributed by atoms with Gasteiger partial charge >= 0.3 is 0 Å². The molecule has 0 radical (unpaired) electrons. The molecule has 1 aliphatic rings. The van der Waals surface area contributed by atoms with E-state index in [1.807, 2.05) is 41.2 Å². The average molecular weight is 318 g/mol. The number of hydrogen-bond acceptors (Lipinski definition) is 4. The van der Waals surface area contributed by atoms with Crippen LogP contribution < -0.4 is 0 Å². The summed E-state index contributed by atoms with van der Waals surface area (Å²) in [6.45, 7) is 6.52. The molecule has 0 N–H and O–H groups in total. The van der Waals surface area contributed by atoms with Gasteiger partial charge in [0.15, 0.2) is 0 Å². The van der Waals surface area contributed by atoms with Gasteiger partial charge in [0.1, 0.15) is 0 Å². The summed E-state index contributed by atoms with van der Waals surface area (Å²) in [5.41, 5.74) is 2.32. The summed E-state index contributed by atoms with van der Waals surface area (Å²) >= 11 is 1.55. The quantitative estimate of drug-likeness (QED) is 0.871. The second-order valence-electron chi connectivity index (χ2n) is 5.88. The number of thiophene rings is 1. The molecular weight excluding hydrogens is 296 g/mol. The molecule has 0 bridgehead atoms. The van der Waals surface area contributed by atoms with Crippen LogP contribution in [0.3, 0.4) is 0 Å². The van der Waals surface area contributed by atoms with Crippen LogP contribution in [0, 0.1) is 6.92 Å². The molecule has 1 saturated heterocycles. The zero-order chi connectivity index (χ0) is 15.5. The summed E-state index contributed by atoms with van der Waals surface area (Å²) in [5.74, 6) is 0.190. The lowest BCUT2D eigenvalue weighted by Gasteiger charge is -2.21. The summed E-state index contributed by atoms with van der Waals surface area (Å²) in [5, 5.41) is 6.21. The van der Waals surface area contributed by atoms with E-state index in [4.69, 9.17) is 0 Å². The van der Waals surface area contributed by atoms with Gasteiger partial charge in [0.25, 0.3) is 5.91 Å². The van der Waals surface area contributed by atoms with E-state index in [0.717, 1.165) is 49.6 Å². The van der Waals surface area contributed by atoms with Crippen molar-refractivity contribution in [3.63, 3.8) is 0 Å². The van der Waals surface area contributed by atoms with Gasteiger partial charge in [-0.25, -0.2) is 0 Å². The lowest BCUT2D eigenvalue weighted by molar-refractivity contribution is 0.0765. The number of aryl methyl sites for hydroxylation is 2. The molecule has 0 unspecified atom stereocenters. The summed E-state index contributed by atoms with van der Waals surface area (Å²) in [4.78, 5) is 17.9. The highest BCUT2D eigenvalue weighted by Gasteiger charge is 2.22. The molecule has 1 aliphatic heterocycles. The lowest BCUT2D eigenvalue weighted by Crippen LogP contribution is -2.35. The molecule has 118 valence electrons. The first-order valence-electron chi connectivity index (χ1n) is 7.67. The van der Waals surface area contributed by atoms with Crippen LogP contribution in [0.1, 0.15) is 27.2 Å². The average Bonchev–Trinajstić information content (AvgIpc) is 3.02. The van der Waals surface area contributed by atoms with E-state index in [2.05, 4.69) is 16.2 Å². The molecule has 3 rings (SSSR count). The Kier molecular flexibility index (Phi) is 4.59. The maximum absolute atomic E-state index is 12.6. The van der Waals surface area contributed by atoms with Crippen molar-refractivity contribution < 1.29 is 4.79 Å². The maximum atomic E-state index is 12.6. The van der Waals surface area contributed by atoms with Crippen molar-refractivity contribution in [2.45, 2.75) is 19.9 Å². The largest absolute Gasteiger partial charge is 0.337 e. The first-order chi connectivity index (χ1) is 10.6. The number of carbonyl (C=O) groups is 1. The Bertz CT molecular complexity index is 648. The van der Waals surface area contributed by atoms with Crippen molar-refractivity contribution in [2.75, 3.05) is 26.2 Å². The molecule has 6 heteroatoms. The predicted octanol–water partition coefficient (Wildman–Crippen LogP) is 2.14. The number of amides is 1. The highest BCUT2D eigenvalue weighted by molar-refractivity contribution is 7.12. The first-order valence-corrected chi connectivity index (χ1v) is 8.54. The van der Waals surface area contributed by atoms with E-state index in [1.165, 1.54) is 5.56 Å². The monoisotopic (exact) mass is 318 g/mol. The van der Waals surface area contributed by atoms with Gasteiger partial charge in [-0.1, -0.05) is 0 Å². The van der Waals surface area contributed by atoms with Crippen molar-refractivity contribution in [3.8, 4) is 0 Å². The Morgan fingerprint density at radius 1 is 1.32 bits per heavy atom. The number of rotatable bonds is 3. The second-order valence-corrected chi connectivity index (χ2v) is 6.79. The molecule has 0 atom stereocenters. The normalized spacial score (nSPS) is 16.7. The van der Waals surface area contributed by atoms with Crippen molar-refractivity contribution >= 4 is 17.2 Å². The SMILES string of the molecule is Cc1ccsc1C(=O)N1CCCN(Cc2cnn(C)c2)CC1. The van der Waals surface area contributed by atoms with Crippen LogP contribution in [-0.4, -0.2) is 51.7 Å². The Labute approximate surface area is 135 Å². The second kappa shape index (κ2) is 6.62. The Hall–Kier alpha value is -1.66. The van der Waals surface area contributed by atoms with Gasteiger partial charge in [-0.2, -0.15) is 5.10 Å². The van der Waals surface area contributed by atoms with Gasteiger partial charge in [-0.3, -0.25) is 14.4 Å². The molecule has 1 amide bonds. The first kappa shape index (κ1) is 15.2. The van der Waals surface area contributed by atoms with Crippen LogP contribution in [0.15, 0.2) is 23.8 Å². The van der Waals surface area contributed by atoms with Crippen molar-refractivity contribution in [1.29, 1.82) is 0 Å². The van der Waals surface area contributed by atoms with Crippen LogP contribution in [0.2, 0.25) is 0 Å². The Morgan fingerprint density at radius 3 is 2.86 bits per heavy atom. The molecule has 1 fully saturated rings. The molecule has 0 aliphatic carbocycles. The lowest BCUT2D eigenvalue weighted by atomic mass is 10.2. The fourth-order valence-electron chi connectivity index (χ4n) is 2.88. The number of nitrogens with zero attached hydrogens (tertiary/aromatic N) is 4. The molecule has 0 aromatic carbocycles. The van der Waals surface area contributed by atoms with Crippen molar-refractivity contribution in [3.05, 3.63) is 39.8 Å². The van der Waals surface area contributed by atoms with Gasteiger partial charge in [0.2, 0.25) is 0 Å². The molecular formula is C16H22N4OS. The highest BCUT2D eigenvalue weighted by atomic mass is 32.1. The van der Waals surface area contributed by atoms with E-state index >= 15 is 0 Å². The molecule has 2 aromatic rings.